The molecule has 1 aromatic carbocycles. The van der Waals surface area contributed by atoms with E-state index >= 15 is 0 Å². The van der Waals surface area contributed by atoms with E-state index in [0.29, 0.717) is 6.61 Å². The lowest BCUT2D eigenvalue weighted by atomic mass is 10.1. The average Bonchev–Trinajstić information content (AvgIpc) is 2.22. The highest BCUT2D eigenvalue weighted by molar-refractivity contribution is 5.77. The van der Waals surface area contributed by atoms with Crippen LogP contribution in [0.5, 0.6) is 5.75 Å². The second-order valence-corrected chi connectivity index (χ2v) is 3.61. The molecule has 2 N–H and O–H groups in total. The monoisotopic (exact) mass is 223 g/mol. The molecule has 0 aliphatic heterocycles. The first kappa shape index (κ1) is 12.4. The summed E-state index contributed by atoms with van der Waals surface area (Å²) in [5.41, 5.74) is 1.79. The molecule has 4 nitrogen and oxygen atoms in total. The van der Waals surface area contributed by atoms with Crippen molar-refractivity contribution >= 4 is 11.7 Å². The average molecular weight is 223 g/mol. The van der Waals surface area contributed by atoms with Crippen LogP contribution in [0.1, 0.15) is 19.4 Å². The normalized spacial score (nSPS) is 11.9. The van der Waals surface area contributed by atoms with Gasteiger partial charge in [0.15, 0.2) is 0 Å². The number of carboxylic acids is 1. The van der Waals surface area contributed by atoms with Gasteiger partial charge in [-0.1, -0.05) is 0 Å². The first-order valence-electron chi connectivity index (χ1n) is 5.27. The molecule has 0 spiro atoms. The number of aliphatic carboxylic acids is 1. The summed E-state index contributed by atoms with van der Waals surface area (Å²) in [7, 11) is 0. The van der Waals surface area contributed by atoms with E-state index in [1.807, 2.05) is 32.0 Å². The maximum absolute atomic E-state index is 10.7. The van der Waals surface area contributed by atoms with Crippen molar-refractivity contribution in [2.75, 3.05) is 11.9 Å². The summed E-state index contributed by atoms with van der Waals surface area (Å²) in [5.74, 6) is -0.0678. The second-order valence-electron chi connectivity index (χ2n) is 3.61. The standard InChI is InChI=1S/C12H17NO3/c1-4-16-10-5-6-11(8(2)7-10)13-9(3)12(14)15/h5-7,9,13H,4H2,1-3H3,(H,14,15). The Morgan fingerprint density at radius 1 is 1.56 bits per heavy atom. The van der Waals surface area contributed by atoms with Crippen molar-refractivity contribution in [2.24, 2.45) is 0 Å². The van der Waals surface area contributed by atoms with Gasteiger partial charge < -0.3 is 15.2 Å². The van der Waals surface area contributed by atoms with E-state index in [4.69, 9.17) is 9.84 Å². The van der Waals surface area contributed by atoms with Gasteiger partial charge in [-0.15, -0.1) is 0 Å². The zero-order valence-electron chi connectivity index (χ0n) is 9.78. The van der Waals surface area contributed by atoms with E-state index in [-0.39, 0.29) is 0 Å². The quantitative estimate of drug-likeness (QED) is 0.804. The van der Waals surface area contributed by atoms with Gasteiger partial charge in [0, 0.05) is 5.69 Å². The maximum atomic E-state index is 10.7. The minimum atomic E-state index is -0.867. The van der Waals surface area contributed by atoms with Crippen LogP contribution in [0.15, 0.2) is 18.2 Å². The van der Waals surface area contributed by atoms with Gasteiger partial charge in [0.05, 0.1) is 6.61 Å². The summed E-state index contributed by atoms with van der Waals surface area (Å²) in [4.78, 5) is 10.7. The Morgan fingerprint density at radius 2 is 2.25 bits per heavy atom. The molecule has 88 valence electrons. The predicted octanol–water partition coefficient (Wildman–Crippen LogP) is 2.28. The number of ether oxygens (including phenoxy) is 1. The molecular weight excluding hydrogens is 206 g/mol. The Morgan fingerprint density at radius 3 is 2.75 bits per heavy atom. The molecule has 0 aliphatic carbocycles. The third-order valence-electron chi connectivity index (χ3n) is 2.25. The molecular formula is C12H17NO3. The van der Waals surface area contributed by atoms with E-state index in [2.05, 4.69) is 5.32 Å². The van der Waals surface area contributed by atoms with Crippen LogP contribution in [0.25, 0.3) is 0 Å². The van der Waals surface area contributed by atoms with Gasteiger partial charge in [0.2, 0.25) is 0 Å². The molecule has 4 heteroatoms. The highest BCUT2D eigenvalue weighted by Gasteiger charge is 2.11. The number of aryl methyl sites for hydroxylation is 1. The number of carbonyl (C=O) groups is 1. The first-order chi connectivity index (χ1) is 7.54. The molecule has 0 bridgehead atoms. The summed E-state index contributed by atoms with van der Waals surface area (Å²) >= 11 is 0. The Kier molecular flexibility index (Phi) is 4.17. The maximum Gasteiger partial charge on any atom is 0.325 e. The molecule has 1 aromatic rings. The summed E-state index contributed by atoms with van der Waals surface area (Å²) in [6.45, 7) is 6.07. The van der Waals surface area contributed by atoms with Gasteiger partial charge in [-0.25, -0.2) is 0 Å². The van der Waals surface area contributed by atoms with Crippen molar-refractivity contribution in [3.8, 4) is 5.75 Å². The van der Waals surface area contributed by atoms with Gasteiger partial charge >= 0.3 is 5.97 Å². The summed E-state index contributed by atoms with van der Waals surface area (Å²) in [6.07, 6.45) is 0. The van der Waals surface area contributed by atoms with Crippen LogP contribution in [0.3, 0.4) is 0 Å². The molecule has 1 unspecified atom stereocenters. The molecule has 0 aromatic heterocycles. The molecule has 1 rings (SSSR count). The summed E-state index contributed by atoms with van der Waals surface area (Å²) < 4.78 is 5.35. The zero-order valence-corrected chi connectivity index (χ0v) is 9.78. The fourth-order valence-electron chi connectivity index (χ4n) is 1.35. The Hall–Kier alpha value is -1.71. The molecule has 0 radical (unpaired) electrons. The number of hydrogen-bond acceptors (Lipinski definition) is 3. The van der Waals surface area contributed by atoms with Crippen molar-refractivity contribution in [3.63, 3.8) is 0 Å². The van der Waals surface area contributed by atoms with E-state index in [0.717, 1.165) is 17.0 Å². The fraction of sp³-hybridized carbons (Fsp3) is 0.417. The van der Waals surface area contributed by atoms with Crippen LogP contribution < -0.4 is 10.1 Å². The Labute approximate surface area is 95.2 Å². The lowest BCUT2D eigenvalue weighted by Gasteiger charge is -2.14. The molecule has 16 heavy (non-hydrogen) atoms. The molecule has 1 atom stereocenters. The number of hydrogen-bond donors (Lipinski definition) is 2. The molecule has 0 heterocycles. The highest BCUT2D eigenvalue weighted by atomic mass is 16.5. The number of carboxylic acid groups (broad SMARTS) is 1. The van der Waals surface area contributed by atoms with Crippen LogP contribution in [0.2, 0.25) is 0 Å². The first-order valence-corrected chi connectivity index (χ1v) is 5.27. The molecule has 0 fully saturated rings. The van der Waals surface area contributed by atoms with Crippen molar-refractivity contribution in [3.05, 3.63) is 23.8 Å². The minimum absolute atomic E-state index is 0.600. The van der Waals surface area contributed by atoms with Crippen LogP contribution in [-0.4, -0.2) is 23.7 Å². The number of benzene rings is 1. The fourth-order valence-corrected chi connectivity index (χ4v) is 1.35. The Balaban J connectivity index is 2.78. The van der Waals surface area contributed by atoms with Gasteiger partial charge in [-0.2, -0.15) is 0 Å². The van der Waals surface area contributed by atoms with Crippen molar-refractivity contribution in [2.45, 2.75) is 26.8 Å². The van der Waals surface area contributed by atoms with Crippen LogP contribution in [0, 0.1) is 6.92 Å². The van der Waals surface area contributed by atoms with Crippen molar-refractivity contribution in [1.82, 2.24) is 0 Å². The molecule has 0 amide bonds. The number of nitrogens with one attached hydrogen (secondary N) is 1. The minimum Gasteiger partial charge on any atom is -0.494 e. The third-order valence-corrected chi connectivity index (χ3v) is 2.25. The molecule has 0 saturated carbocycles. The van der Waals surface area contributed by atoms with Crippen LogP contribution >= 0.6 is 0 Å². The predicted molar refractivity (Wildman–Crippen MR) is 63.1 cm³/mol. The lowest BCUT2D eigenvalue weighted by molar-refractivity contribution is -0.137. The van der Waals surface area contributed by atoms with E-state index in [1.54, 1.807) is 6.92 Å². The lowest BCUT2D eigenvalue weighted by Crippen LogP contribution is -2.25. The van der Waals surface area contributed by atoms with Gasteiger partial charge in [0.1, 0.15) is 11.8 Å². The van der Waals surface area contributed by atoms with Crippen LogP contribution in [0.4, 0.5) is 5.69 Å². The van der Waals surface area contributed by atoms with Gasteiger partial charge in [0.25, 0.3) is 0 Å². The van der Waals surface area contributed by atoms with Crippen molar-refractivity contribution in [1.29, 1.82) is 0 Å². The smallest absolute Gasteiger partial charge is 0.325 e. The third kappa shape index (κ3) is 3.15. The van der Waals surface area contributed by atoms with Gasteiger partial charge in [-0.3, -0.25) is 4.79 Å². The largest absolute Gasteiger partial charge is 0.494 e. The Bertz CT molecular complexity index is 377. The summed E-state index contributed by atoms with van der Waals surface area (Å²) in [6, 6.07) is 4.95. The second kappa shape index (κ2) is 5.39. The number of rotatable bonds is 5. The number of anilines is 1. The van der Waals surface area contributed by atoms with Crippen LogP contribution in [-0.2, 0) is 4.79 Å². The van der Waals surface area contributed by atoms with E-state index in [1.165, 1.54) is 0 Å². The zero-order chi connectivity index (χ0) is 12.1. The van der Waals surface area contributed by atoms with E-state index < -0.39 is 12.0 Å². The molecule has 0 aliphatic rings. The van der Waals surface area contributed by atoms with Gasteiger partial charge in [-0.05, 0) is 44.5 Å². The summed E-state index contributed by atoms with van der Waals surface area (Å²) in [5, 5.41) is 11.7. The van der Waals surface area contributed by atoms with E-state index in [9.17, 15) is 4.79 Å². The topological polar surface area (TPSA) is 58.6 Å². The SMILES string of the molecule is CCOc1ccc(NC(C)C(=O)O)c(C)c1. The highest BCUT2D eigenvalue weighted by Crippen LogP contribution is 2.21. The van der Waals surface area contributed by atoms with Crippen molar-refractivity contribution < 1.29 is 14.6 Å². The molecule has 0 saturated heterocycles.